The van der Waals surface area contributed by atoms with Gasteiger partial charge in [-0.2, -0.15) is 0 Å². The zero-order chi connectivity index (χ0) is 10.6. The van der Waals surface area contributed by atoms with Crippen LogP contribution in [-0.4, -0.2) is 40.0 Å². The average molecular weight is 217 g/mol. The Morgan fingerprint density at radius 2 is 2.50 bits per heavy atom. The number of aldehydes is 1. The van der Waals surface area contributed by atoms with Gasteiger partial charge in [0, 0.05) is 12.3 Å². The molecule has 0 amide bonds. The van der Waals surface area contributed by atoms with Gasteiger partial charge in [-0.25, -0.2) is 4.31 Å². The van der Waals surface area contributed by atoms with Crippen LogP contribution in [0.15, 0.2) is 0 Å². The van der Waals surface area contributed by atoms with Gasteiger partial charge in [-0.3, -0.25) is 4.79 Å². The first-order valence-corrected chi connectivity index (χ1v) is 5.67. The van der Waals surface area contributed by atoms with Gasteiger partial charge in [0.25, 0.3) is 0 Å². The molecule has 0 aromatic rings. The highest BCUT2D eigenvalue weighted by atomic mass is 32.2. The molecule has 1 unspecified atom stereocenters. The van der Waals surface area contributed by atoms with Gasteiger partial charge in [-0.15, -0.1) is 0 Å². The average Bonchev–Trinajstić information content (AvgIpc) is 2.60. The molecular weight excluding hydrogens is 202 g/mol. The van der Waals surface area contributed by atoms with E-state index in [0.29, 0.717) is 5.75 Å². The standard InChI is InChI=1S/C9H15NO3S/c1-7(9(12)13)6-14-10-4-2-3-8(10)5-11/h5,7-8H,2-4,6H2,1H3,(H,12,13)/t7?,8-/m1/s1. The van der Waals surface area contributed by atoms with Gasteiger partial charge in [0.15, 0.2) is 0 Å². The summed E-state index contributed by atoms with van der Waals surface area (Å²) >= 11 is 1.47. The molecule has 0 bridgehead atoms. The van der Waals surface area contributed by atoms with E-state index in [1.54, 1.807) is 6.92 Å². The molecule has 1 fully saturated rings. The molecule has 1 saturated heterocycles. The highest BCUT2D eigenvalue weighted by Crippen LogP contribution is 2.25. The second kappa shape index (κ2) is 5.36. The molecule has 80 valence electrons. The molecule has 2 atom stereocenters. The minimum Gasteiger partial charge on any atom is -0.481 e. The molecule has 0 aromatic heterocycles. The summed E-state index contributed by atoms with van der Waals surface area (Å²) in [6.07, 6.45) is 2.88. The summed E-state index contributed by atoms with van der Waals surface area (Å²) in [7, 11) is 0. The molecule has 0 aromatic carbocycles. The highest BCUT2D eigenvalue weighted by Gasteiger charge is 2.25. The van der Waals surface area contributed by atoms with E-state index in [2.05, 4.69) is 0 Å². The molecule has 14 heavy (non-hydrogen) atoms. The Kier molecular flexibility index (Phi) is 4.41. The van der Waals surface area contributed by atoms with E-state index in [9.17, 15) is 9.59 Å². The second-order valence-corrected chi connectivity index (χ2v) is 4.58. The van der Waals surface area contributed by atoms with Crippen molar-refractivity contribution in [3.63, 3.8) is 0 Å². The third-order valence-corrected chi connectivity index (χ3v) is 3.75. The number of rotatable bonds is 5. The maximum absolute atomic E-state index is 10.6. The molecule has 1 aliphatic heterocycles. The fourth-order valence-corrected chi connectivity index (χ4v) is 2.50. The third-order valence-electron chi connectivity index (χ3n) is 2.32. The Morgan fingerprint density at radius 1 is 1.79 bits per heavy atom. The number of nitrogens with zero attached hydrogens (tertiary/aromatic N) is 1. The summed E-state index contributed by atoms with van der Waals surface area (Å²) < 4.78 is 1.99. The van der Waals surface area contributed by atoms with E-state index < -0.39 is 5.97 Å². The third kappa shape index (κ3) is 2.99. The number of carbonyl (C=O) groups excluding carboxylic acids is 1. The van der Waals surface area contributed by atoms with Crippen molar-refractivity contribution in [2.24, 2.45) is 5.92 Å². The maximum atomic E-state index is 10.6. The summed E-state index contributed by atoms with van der Waals surface area (Å²) in [5, 5.41) is 8.68. The zero-order valence-corrected chi connectivity index (χ0v) is 9.00. The van der Waals surface area contributed by atoms with Crippen LogP contribution in [0.3, 0.4) is 0 Å². The summed E-state index contributed by atoms with van der Waals surface area (Å²) in [6, 6.07) is -0.0130. The smallest absolute Gasteiger partial charge is 0.307 e. The number of hydrogen-bond donors (Lipinski definition) is 1. The van der Waals surface area contributed by atoms with Crippen LogP contribution >= 0.6 is 11.9 Å². The van der Waals surface area contributed by atoms with Crippen LogP contribution in [0.2, 0.25) is 0 Å². The fraction of sp³-hybridized carbons (Fsp3) is 0.778. The SMILES string of the molecule is CC(CSN1CCC[C@@H]1C=O)C(=O)O. The van der Waals surface area contributed by atoms with E-state index in [1.165, 1.54) is 11.9 Å². The van der Waals surface area contributed by atoms with Crippen LogP contribution in [0.4, 0.5) is 0 Å². The summed E-state index contributed by atoms with van der Waals surface area (Å²) in [5.74, 6) is -0.591. The molecule has 5 heteroatoms. The minimum absolute atomic E-state index is 0.0130. The molecule has 4 nitrogen and oxygen atoms in total. The molecule has 0 aliphatic carbocycles. The van der Waals surface area contributed by atoms with Crippen molar-refractivity contribution < 1.29 is 14.7 Å². The van der Waals surface area contributed by atoms with Crippen LogP contribution in [0.25, 0.3) is 0 Å². The van der Waals surface area contributed by atoms with Gasteiger partial charge in [-0.1, -0.05) is 18.9 Å². The fourth-order valence-electron chi connectivity index (χ4n) is 1.34. The quantitative estimate of drug-likeness (QED) is 0.550. The largest absolute Gasteiger partial charge is 0.481 e. The lowest BCUT2D eigenvalue weighted by molar-refractivity contribution is -0.140. The molecule has 1 heterocycles. The van der Waals surface area contributed by atoms with Gasteiger partial charge in [0.1, 0.15) is 6.29 Å². The Morgan fingerprint density at radius 3 is 3.07 bits per heavy atom. The first kappa shape index (κ1) is 11.5. The van der Waals surface area contributed by atoms with E-state index in [-0.39, 0.29) is 12.0 Å². The van der Waals surface area contributed by atoms with Crippen LogP contribution in [-0.2, 0) is 9.59 Å². The van der Waals surface area contributed by atoms with Gasteiger partial charge in [0.05, 0.1) is 12.0 Å². The van der Waals surface area contributed by atoms with Crippen molar-refractivity contribution in [1.82, 2.24) is 4.31 Å². The van der Waals surface area contributed by atoms with Crippen molar-refractivity contribution in [3.8, 4) is 0 Å². The Balaban J connectivity index is 2.30. The van der Waals surface area contributed by atoms with Crippen molar-refractivity contribution in [2.75, 3.05) is 12.3 Å². The molecule has 0 saturated carbocycles. The van der Waals surface area contributed by atoms with Crippen molar-refractivity contribution in [3.05, 3.63) is 0 Å². The highest BCUT2D eigenvalue weighted by molar-refractivity contribution is 7.97. The molecule has 0 radical (unpaired) electrons. The van der Waals surface area contributed by atoms with Crippen LogP contribution in [0.1, 0.15) is 19.8 Å². The van der Waals surface area contributed by atoms with Gasteiger partial charge in [-0.05, 0) is 12.8 Å². The lowest BCUT2D eigenvalue weighted by Crippen LogP contribution is -2.26. The number of hydrogen-bond acceptors (Lipinski definition) is 4. The molecule has 1 N–H and O–H groups in total. The van der Waals surface area contributed by atoms with Gasteiger partial charge < -0.3 is 9.90 Å². The maximum Gasteiger partial charge on any atom is 0.307 e. The number of aliphatic carboxylic acids is 1. The lowest BCUT2D eigenvalue weighted by atomic mass is 10.2. The van der Waals surface area contributed by atoms with E-state index in [4.69, 9.17) is 5.11 Å². The predicted molar refractivity (Wildman–Crippen MR) is 55.0 cm³/mol. The second-order valence-electron chi connectivity index (χ2n) is 3.52. The van der Waals surface area contributed by atoms with Gasteiger partial charge in [0.2, 0.25) is 0 Å². The van der Waals surface area contributed by atoms with Crippen LogP contribution in [0, 0.1) is 5.92 Å². The van der Waals surface area contributed by atoms with Crippen LogP contribution in [0.5, 0.6) is 0 Å². The van der Waals surface area contributed by atoms with E-state index in [0.717, 1.165) is 25.7 Å². The van der Waals surface area contributed by atoms with Crippen molar-refractivity contribution in [2.45, 2.75) is 25.8 Å². The monoisotopic (exact) mass is 217 g/mol. The van der Waals surface area contributed by atoms with E-state index >= 15 is 0 Å². The first-order valence-electron chi connectivity index (χ1n) is 4.72. The molecule has 1 rings (SSSR count). The van der Waals surface area contributed by atoms with Crippen LogP contribution < -0.4 is 0 Å². The summed E-state index contributed by atoms with van der Waals surface area (Å²) in [5.41, 5.74) is 0. The Hall–Kier alpha value is -0.550. The molecule has 1 aliphatic rings. The molecular formula is C9H15NO3S. The number of carboxylic acids is 1. The van der Waals surface area contributed by atoms with Crippen molar-refractivity contribution >= 4 is 24.2 Å². The Labute approximate surface area is 87.8 Å². The first-order chi connectivity index (χ1) is 6.65. The van der Waals surface area contributed by atoms with Crippen molar-refractivity contribution in [1.29, 1.82) is 0 Å². The summed E-state index contributed by atoms with van der Waals surface area (Å²) in [4.78, 5) is 21.2. The number of carboxylic acid groups (broad SMARTS) is 1. The lowest BCUT2D eigenvalue weighted by Gasteiger charge is -2.19. The summed E-state index contributed by atoms with van der Waals surface area (Å²) in [6.45, 7) is 2.57. The topological polar surface area (TPSA) is 57.6 Å². The number of carbonyl (C=O) groups is 2. The minimum atomic E-state index is -0.778. The predicted octanol–water partition coefficient (Wildman–Crippen LogP) is 1.02. The van der Waals surface area contributed by atoms with E-state index in [1.807, 2.05) is 4.31 Å². The van der Waals surface area contributed by atoms with Gasteiger partial charge >= 0.3 is 5.97 Å². The Bertz CT molecular complexity index is 222. The normalized spacial score (nSPS) is 24.8. The zero-order valence-electron chi connectivity index (χ0n) is 8.18. The molecule has 0 spiro atoms.